The number of amides is 1. The third-order valence-corrected chi connectivity index (χ3v) is 7.78. The van der Waals surface area contributed by atoms with Gasteiger partial charge in [-0.05, 0) is 49.9 Å². The maximum atomic E-state index is 13.0. The highest BCUT2D eigenvalue weighted by Crippen LogP contribution is 2.40. The molecule has 8 heteroatoms. The number of aryl methyl sites for hydroxylation is 1. The maximum Gasteiger partial charge on any atom is 0.252 e. The number of benzene rings is 1. The number of hydrogen-bond donors (Lipinski definition) is 1. The Kier molecular flexibility index (Phi) is 4.50. The number of hydrogen-bond acceptors (Lipinski definition) is 5. The first-order chi connectivity index (χ1) is 12.8. The molecule has 0 radical (unpaired) electrons. The molecule has 0 spiro atoms. The normalized spacial score (nSPS) is 18.5. The van der Waals surface area contributed by atoms with Crippen LogP contribution >= 0.6 is 11.3 Å². The van der Waals surface area contributed by atoms with E-state index in [1.54, 1.807) is 23.5 Å². The van der Waals surface area contributed by atoms with Crippen molar-refractivity contribution in [3.8, 4) is 0 Å². The summed E-state index contributed by atoms with van der Waals surface area (Å²) in [6, 6.07) is 5.28. The SMILES string of the molecule is Cc1csc(C2(NC(=O)c3ccc4c(c3)CCN4S(C)(=O)=O)CCCC2)n1. The van der Waals surface area contributed by atoms with Crippen LogP contribution in [0.4, 0.5) is 5.69 Å². The summed E-state index contributed by atoms with van der Waals surface area (Å²) in [4.78, 5) is 17.6. The van der Waals surface area contributed by atoms with E-state index in [9.17, 15) is 13.2 Å². The van der Waals surface area contributed by atoms with Gasteiger partial charge in [0.15, 0.2) is 0 Å². The monoisotopic (exact) mass is 405 g/mol. The average molecular weight is 406 g/mol. The van der Waals surface area contributed by atoms with Gasteiger partial charge in [0.1, 0.15) is 5.01 Å². The first kappa shape index (κ1) is 18.4. The predicted molar refractivity (Wildman–Crippen MR) is 107 cm³/mol. The molecule has 1 aromatic heterocycles. The van der Waals surface area contributed by atoms with Crippen LogP contribution in [0.2, 0.25) is 0 Å². The zero-order valence-electron chi connectivity index (χ0n) is 15.5. The second-order valence-corrected chi connectivity index (χ2v) is 10.2. The summed E-state index contributed by atoms with van der Waals surface area (Å²) in [6.07, 6.45) is 5.79. The van der Waals surface area contributed by atoms with E-state index in [4.69, 9.17) is 0 Å². The van der Waals surface area contributed by atoms with E-state index >= 15 is 0 Å². The Morgan fingerprint density at radius 3 is 2.67 bits per heavy atom. The zero-order valence-corrected chi connectivity index (χ0v) is 17.1. The number of anilines is 1. The van der Waals surface area contributed by atoms with Crippen molar-refractivity contribution in [2.24, 2.45) is 0 Å². The van der Waals surface area contributed by atoms with Gasteiger partial charge in [-0.2, -0.15) is 0 Å². The summed E-state index contributed by atoms with van der Waals surface area (Å²) in [5, 5.41) is 6.25. The molecule has 1 aliphatic carbocycles. The summed E-state index contributed by atoms with van der Waals surface area (Å²) in [6.45, 7) is 2.40. The van der Waals surface area contributed by atoms with Crippen LogP contribution in [0.15, 0.2) is 23.6 Å². The van der Waals surface area contributed by atoms with Crippen molar-refractivity contribution in [2.75, 3.05) is 17.1 Å². The minimum absolute atomic E-state index is 0.120. The number of aromatic nitrogens is 1. The molecule has 27 heavy (non-hydrogen) atoms. The Morgan fingerprint density at radius 1 is 1.30 bits per heavy atom. The largest absolute Gasteiger partial charge is 0.340 e. The molecule has 0 unspecified atom stereocenters. The molecule has 0 atom stereocenters. The lowest BCUT2D eigenvalue weighted by Gasteiger charge is -2.28. The number of fused-ring (bicyclic) bond motifs is 1. The van der Waals surface area contributed by atoms with E-state index in [-0.39, 0.29) is 11.4 Å². The molecule has 1 saturated carbocycles. The van der Waals surface area contributed by atoms with Crippen molar-refractivity contribution >= 4 is 33.0 Å². The van der Waals surface area contributed by atoms with Crippen LogP contribution in [-0.2, 0) is 22.0 Å². The van der Waals surface area contributed by atoms with Crippen LogP contribution < -0.4 is 9.62 Å². The Balaban J connectivity index is 1.60. The summed E-state index contributed by atoms with van der Waals surface area (Å²) in [5.41, 5.74) is 2.75. The molecule has 1 aromatic carbocycles. The summed E-state index contributed by atoms with van der Waals surface area (Å²) < 4.78 is 25.2. The highest BCUT2D eigenvalue weighted by Gasteiger charge is 2.40. The minimum atomic E-state index is -3.29. The molecule has 1 amide bonds. The second-order valence-electron chi connectivity index (χ2n) is 7.47. The van der Waals surface area contributed by atoms with E-state index in [2.05, 4.69) is 10.3 Å². The third-order valence-electron chi connectivity index (χ3n) is 5.43. The van der Waals surface area contributed by atoms with E-state index in [1.165, 1.54) is 10.6 Å². The predicted octanol–water partition coefficient (Wildman–Crippen LogP) is 2.97. The van der Waals surface area contributed by atoms with E-state index < -0.39 is 10.0 Å². The van der Waals surface area contributed by atoms with Gasteiger partial charge in [0.25, 0.3) is 5.91 Å². The highest BCUT2D eigenvalue weighted by molar-refractivity contribution is 7.92. The van der Waals surface area contributed by atoms with Crippen molar-refractivity contribution in [1.29, 1.82) is 0 Å². The fraction of sp³-hybridized carbons (Fsp3) is 0.474. The van der Waals surface area contributed by atoms with Crippen LogP contribution in [0.25, 0.3) is 0 Å². The van der Waals surface area contributed by atoms with Crippen molar-refractivity contribution in [3.05, 3.63) is 45.4 Å². The second kappa shape index (κ2) is 6.60. The molecular formula is C19H23N3O3S2. The molecular weight excluding hydrogens is 382 g/mol. The number of carbonyl (C=O) groups is 1. The third kappa shape index (κ3) is 3.36. The smallest absolute Gasteiger partial charge is 0.252 e. The summed E-state index contributed by atoms with van der Waals surface area (Å²) >= 11 is 1.61. The number of rotatable bonds is 4. The topological polar surface area (TPSA) is 79.4 Å². The van der Waals surface area contributed by atoms with E-state index in [1.807, 2.05) is 18.4 Å². The van der Waals surface area contributed by atoms with Crippen LogP contribution in [0, 0.1) is 6.92 Å². The van der Waals surface area contributed by atoms with Crippen molar-refractivity contribution < 1.29 is 13.2 Å². The van der Waals surface area contributed by atoms with Crippen molar-refractivity contribution in [2.45, 2.75) is 44.6 Å². The molecule has 1 N–H and O–H groups in total. The van der Waals surface area contributed by atoms with Gasteiger partial charge in [-0.25, -0.2) is 13.4 Å². The maximum absolute atomic E-state index is 13.0. The Labute approximate surface area is 163 Å². The molecule has 6 nitrogen and oxygen atoms in total. The number of thiazole rings is 1. The van der Waals surface area contributed by atoms with Crippen LogP contribution in [0.5, 0.6) is 0 Å². The molecule has 1 aliphatic heterocycles. The zero-order chi connectivity index (χ0) is 19.2. The molecule has 2 aromatic rings. The van der Waals surface area contributed by atoms with Gasteiger partial charge >= 0.3 is 0 Å². The first-order valence-corrected chi connectivity index (χ1v) is 11.9. The molecule has 0 bridgehead atoms. The standard InChI is InChI=1S/C19H23N3O3S2/c1-13-12-26-18(20-13)19(8-3-4-9-19)21-17(23)15-5-6-16-14(11-15)7-10-22(16)27(2,24)25/h5-6,11-12H,3-4,7-10H2,1-2H3,(H,21,23). The summed E-state index contributed by atoms with van der Waals surface area (Å²) in [5.74, 6) is -0.120. The van der Waals surface area contributed by atoms with E-state index in [0.717, 1.165) is 41.9 Å². The molecule has 2 aliphatic rings. The van der Waals surface area contributed by atoms with Gasteiger partial charge in [0.05, 0.1) is 17.5 Å². The Morgan fingerprint density at radius 2 is 2.04 bits per heavy atom. The van der Waals surface area contributed by atoms with Gasteiger partial charge < -0.3 is 5.32 Å². The van der Waals surface area contributed by atoms with E-state index in [0.29, 0.717) is 24.2 Å². The lowest BCUT2D eigenvalue weighted by Crippen LogP contribution is -2.43. The van der Waals surface area contributed by atoms with Crippen molar-refractivity contribution in [1.82, 2.24) is 10.3 Å². The fourth-order valence-corrected chi connectivity index (χ4v) is 6.06. The lowest BCUT2D eigenvalue weighted by atomic mass is 9.97. The van der Waals surface area contributed by atoms with Gasteiger partial charge in [-0.15, -0.1) is 11.3 Å². The number of nitrogens with zero attached hydrogens (tertiary/aromatic N) is 2. The van der Waals surface area contributed by atoms with Crippen LogP contribution in [0.1, 0.15) is 52.3 Å². The Bertz CT molecular complexity index is 991. The molecule has 4 rings (SSSR count). The van der Waals surface area contributed by atoms with Gasteiger partial charge in [0.2, 0.25) is 10.0 Å². The molecule has 2 heterocycles. The first-order valence-electron chi connectivity index (χ1n) is 9.14. The number of carbonyl (C=O) groups excluding carboxylic acids is 1. The van der Waals surface area contributed by atoms with Crippen molar-refractivity contribution in [3.63, 3.8) is 0 Å². The number of sulfonamides is 1. The lowest BCUT2D eigenvalue weighted by molar-refractivity contribution is 0.0898. The number of nitrogens with one attached hydrogen (secondary N) is 1. The fourth-order valence-electron chi connectivity index (χ4n) is 4.09. The Hall–Kier alpha value is -1.93. The van der Waals surface area contributed by atoms with Gasteiger partial charge in [0, 0.05) is 23.2 Å². The average Bonchev–Trinajstić information content (AvgIpc) is 3.32. The van der Waals surface area contributed by atoms with Crippen LogP contribution in [-0.4, -0.2) is 32.1 Å². The van der Waals surface area contributed by atoms with Gasteiger partial charge in [-0.3, -0.25) is 9.10 Å². The minimum Gasteiger partial charge on any atom is -0.340 e. The molecule has 144 valence electrons. The molecule has 1 fully saturated rings. The van der Waals surface area contributed by atoms with Gasteiger partial charge in [-0.1, -0.05) is 12.8 Å². The quantitative estimate of drug-likeness (QED) is 0.848. The highest BCUT2D eigenvalue weighted by atomic mass is 32.2. The summed E-state index contributed by atoms with van der Waals surface area (Å²) in [7, 11) is -3.29. The molecule has 0 saturated heterocycles. The van der Waals surface area contributed by atoms with Crippen LogP contribution in [0.3, 0.4) is 0 Å².